The first-order valence-electron chi connectivity index (χ1n) is 21.2. The van der Waals surface area contributed by atoms with Crippen LogP contribution in [0.2, 0.25) is 20.1 Å². The van der Waals surface area contributed by atoms with Crippen molar-refractivity contribution in [2.75, 3.05) is 20.3 Å². The number of aryl methyl sites for hydroxylation is 1. The van der Waals surface area contributed by atoms with Gasteiger partial charge < -0.3 is 25.4 Å². The molecule has 1 aliphatic rings. The van der Waals surface area contributed by atoms with Crippen molar-refractivity contribution in [1.82, 2.24) is 10.3 Å². The van der Waals surface area contributed by atoms with Crippen molar-refractivity contribution in [2.45, 2.75) is 72.6 Å². The zero-order valence-corrected chi connectivity index (χ0v) is 50.2. The summed E-state index contributed by atoms with van der Waals surface area (Å²) >= 11 is 22.9. The fourth-order valence-corrected chi connectivity index (χ4v) is 5.51. The van der Waals surface area contributed by atoms with Gasteiger partial charge in [-0.15, -0.1) is 0 Å². The number of esters is 1. The van der Waals surface area contributed by atoms with E-state index in [1.807, 2.05) is 79.7 Å². The van der Waals surface area contributed by atoms with Crippen LogP contribution in [0, 0.1) is 6.92 Å². The van der Waals surface area contributed by atoms with Gasteiger partial charge in [0.1, 0.15) is 28.9 Å². The Balaban J connectivity index is -0.000000151. The van der Waals surface area contributed by atoms with Gasteiger partial charge in [-0.25, -0.2) is 0 Å². The fourth-order valence-electron chi connectivity index (χ4n) is 5.01. The zero-order chi connectivity index (χ0) is 56.5. The van der Waals surface area contributed by atoms with E-state index in [1.165, 1.54) is 44.9 Å². The van der Waals surface area contributed by atoms with Crippen LogP contribution in [0.5, 0.6) is 0 Å². The minimum Gasteiger partial charge on any atom is -1.00 e. The molecule has 2 aromatic heterocycles. The number of hydrogen-bond donors (Lipinski definition) is 0. The van der Waals surface area contributed by atoms with Gasteiger partial charge in [0.05, 0.1) is 25.4 Å². The Labute approximate surface area is 510 Å². The van der Waals surface area contributed by atoms with E-state index >= 15 is 0 Å². The molecule has 4 aromatic carbocycles. The van der Waals surface area contributed by atoms with Gasteiger partial charge in [0.2, 0.25) is 0 Å². The van der Waals surface area contributed by atoms with Crippen molar-refractivity contribution >= 4 is 94.3 Å². The molecule has 1 aliphatic heterocycles. The molecule has 6 aromatic rings. The molecule has 3 heterocycles. The number of hydrogen-bond acceptors (Lipinski definition) is 19. The smallest absolute Gasteiger partial charge is 1.00 e. The molecule has 1 N–H and O–H groups in total. The monoisotopic (exact) mass is 1160 g/mol. The van der Waals surface area contributed by atoms with Crippen molar-refractivity contribution in [3.63, 3.8) is 0 Å². The number of rotatable bonds is 10. The zero-order valence-electron chi connectivity index (χ0n) is 44.2. The molecule has 0 bridgehead atoms. The molecule has 19 nitrogen and oxygen atoms in total. The second kappa shape index (κ2) is 56.6. The number of benzene rings is 4. The third-order valence-corrected chi connectivity index (χ3v) is 9.00. The molecule has 0 saturated carbocycles. The number of halogens is 4. The number of Topliss-reactive ketones (excluding diaryl/α,β-unsaturated/α-hetero) is 3. The van der Waals surface area contributed by atoms with Crippen LogP contribution in [0.3, 0.4) is 0 Å². The van der Waals surface area contributed by atoms with Crippen LogP contribution in [-0.4, -0.2) is 84.0 Å². The topological polar surface area (TPSA) is 305 Å². The summed E-state index contributed by atoms with van der Waals surface area (Å²) in [5.74, 6) is 1.52. The Morgan fingerprint density at radius 2 is 0.883 bits per heavy atom. The molecule has 0 radical (unpaired) electrons. The number of ether oxygens (including phenoxy) is 2. The van der Waals surface area contributed by atoms with E-state index in [2.05, 4.69) is 15.1 Å². The molecule has 0 unspecified atom stereocenters. The van der Waals surface area contributed by atoms with Gasteiger partial charge in [0.15, 0.2) is 0 Å². The van der Waals surface area contributed by atoms with Crippen LogP contribution in [0.25, 0.3) is 0 Å². The first-order chi connectivity index (χ1) is 35.3. The molecule has 0 spiro atoms. The molecule has 77 heavy (non-hydrogen) atoms. The average molecular weight is 1170 g/mol. The van der Waals surface area contributed by atoms with Crippen LogP contribution in [-0.2, 0) is 92.7 Å². The SMILES string of the molecule is C1CCOC1.CC(=O)CC(=O)Cc1ccc(Cl)cc1.CC(=O)Cc1ccc(Cl)cc1.COC(C)=O.Cc1cc(Cc2ccc(Cl)cc2)on1.Clc1ccc(Cc2ccno2)cc1.O=C=O.O=C=O.O=C=O.O=C=O.[H-].[Na+].[Na+].[OH-]. The molecule has 1 fully saturated rings. The minimum absolute atomic E-state index is 0. The van der Waals surface area contributed by atoms with Crippen molar-refractivity contribution < 1.29 is 142 Å². The van der Waals surface area contributed by atoms with Gasteiger partial charge in [-0.05, 0) is 104 Å². The van der Waals surface area contributed by atoms with E-state index in [1.54, 1.807) is 49.5 Å². The summed E-state index contributed by atoms with van der Waals surface area (Å²) in [5, 5.41) is 10.3. The molecule has 25 heteroatoms. The van der Waals surface area contributed by atoms with Crippen molar-refractivity contribution in [1.29, 1.82) is 0 Å². The number of carbonyl (C=O) groups excluding carboxylic acids is 12. The maximum absolute atomic E-state index is 11.3. The molecule has 0 amide bonds. The maximum atomic E-state index is 11.3. The van der Waals surface area contributed by atoms with Crippen LogP contribution in [0.1, 0.15) is 80.9 Å². The molecular weight excluding hydrogens is 1110 g/mol. The Bertz CT molecular complexity index is 2540. The van der Waals surface area contributed by atoms with E-state index in [9.17, 15) is 19.2 Å². The third-order valence-electron chi connectivity index (χ3n) is 7.99. The molecular formula is C52H54Cl4N2Na2O17. The van der Waals surface area contributed by atoms with Gasteiger partial charge in [-0.3, -0.25) is 19.2 Å². The quantitative estimate of drug-likeness (QED) is 0.107. The summed E-state index contributed by atoms with van der Waals surface area (Å²) in [7, 11) is 1.35. The van der Waals surface area contributed by atoms with Gasteiger partial charge in [0.25, 0.3) is 0 Å². The van der Waals surface area contributed by atoms with Crippen LogP contribution < -0.4 is 59.1 Å². The minimum atomic E-state index is -0.245. The largest absolute Gasteiger partial charge is 1.00 e. The maximum Gasteiger partial charge on any atom is 1.00 e. The molecule has 404 valence electrons. The van der Waals surface area contributed by atoms with E-state index in [-0.39, 0.29) is 120 Å². The Morgan fingerprint density at radius 3 is 1.14 bits per heavy atom. The van der Waals surface area contributed by atoms with Gasteiger partial charge in [-0.1, -0.05) is 105 Å². The predicted molar refractivity (Wildman–Crippen MR) is 268 cm³/mol. The Kier molecular flexibility index (Phi) is 60.8. The van der Waals surface area contributed by atoms with Crippen molar-refractivity contribution in [3.05, 3.63) is 175 Å². The summed E-state index contributed by atoms with van der Waals surface area (Å²) in [5.41, 5.74) is 5.16. The summed E-state index contributed by atoms with van der Waals surface area (Å²) in [6.45, 7) is 8.27. The molecule has 0 aliphatic carbocycles. The number of carbonyl (C=O) groups is 4. The van der Waals surface area contributed by atoms with Crippen LogP contribution in [0.4, 0.5) is 0 Å². The van der Waals surface area contributed by atoms with Gasteiger partial charge in [-0.2, -0.15) is 38.4 Å². The Hall–Kier alpha value is -5.62. The van der Waals surface area contributed by atoms with Crippen molar-refractivity contribution in [2.24, 2.45) is 0 Å². The van der Waals surface area contributed by atoms with E-state index in [0.717, 1.165) is 64.4 Å². The first-order valence-corrected chi connectivity index (χ1v) is 22.7. The van der Waals surface area contributed by atoms with Crippen LogP contribution >= 0.6 is 46.4 Å². The summed E-state index contributed by atoms with van der Waals surface area (Å²) in [6, 6.07) is 33.6. The van der Waals surface area contributed by atoms with Crippen LogP contribution in [0.15, 0.2) is 124 Å². The summed E-state index contributed by atoms with van der Waals surface area (Å²) in [4.78, 5) is 107. The van der Waals surface area contributed by atoms with E-state index in [0.29, 0.717) is 22.9 Å². The predicted octanol–water partition coefficient (Wildman–Crippen LogP) is 3.63. The number of ketones is 3. The number of nitrogens with zero attached hydrogens (tertiary/aromatic N) is 2. The first kappa shape index (κ1) is 82.7. The Morgan fingerprint density at radius 1 is 0.545 bits per heavy atom. The molecule has 7 rings (SSSR count). The standard InChI is InChI=1S/C11H10ClNO.C11H11ClO2.C10H8ClNO.C9H9ClO.C4H8O.C3H6O2.4CO2.2Na.H2O.H/c1-8-6-11(14-13-8)7-9-2-4-10(12)5-3-9;1-8(13)6-11(14)7-9-2-4-10(12)5-3-9;11-9-3-1-8(2-4-9)7-10-5-6-12-13-10;1-7(11)6-8-2-4-9(10)5-3-8;1-2-4-5-3-1;1-3(4)5-2;4*2-1-3;;;;/h2-6H,7H2,1H3;2-5H,6-7H2,1H3;1-6H,7H2;2-5H,6H2,1H3;1-4H2;1-2H3;;;;;;;1H2;/q;;;;;;;;;;2*+1;;-1/p-1. The second-order valence-electron chi connectivity index (χ2n) is 14.1. The summed E-state index contributed by atoms with van der Waals surface area (Å²) < 4.78 is 19.2. The van der Waals surface area contributed by atoms with Crippen molar-refractivity contribution in [3.8, 4) is 0 Å². The average Bonchev–Trinajstić information content (AvgIpc) is 4.18. The second-order valence-corrected chi connectivity index (χ2v) is 15.8. The van der Waals surface area contributed by atoms with Gasteiger partial charge in [0, 0.05) is 78.0 Å². The third kappa shape index (κ3) is 55.0. The van der Waals surface area contributed by atoms with E-state index in [4.69, 9.17) is 98.5 Å². The summed E-state index contributed by atoms with van der Waals surface area (Å²) in [6.07, 6.45) is 7.54. The van der Waals surface area contributed by atoms with Gasteiger partial charge >= 0.3 is 89.7 Å². The van der Waals surface area contributed by atoms with E-state index < -0.39 is 0 Å². The molecule has 1 saturated heterocycles. The number of aromatic nitrogens is 2. The number of methoxy groups -OCH3 is 1. The normalized spacial score (nSPS) is 9.21. The molecule has 0 atom stereocenters. The fraction of sp³-hybridized carbons (Fsp3) is 0.269.